The van der Waals surface area contributed by atoms with Gasteiger partial charge in [-0.1, -0.05) is 62.2 Å². The number of phenols is 1. The molecule has 8 rings (SSSR count). The van der Waals surface area contributed by atoms with E-state index in [2.05, 4.69) is 41.8 Å². The molecule has 0 aromatic heterocycles. The van der Waals surface area contributed by atoms with Gasteiger partial charge in [0, 0.05) is 49.4 Å². The van der Waals surface area contributed by atoms with Crippen LogP contribution in [0.15, 0.2) is 66.7 Å². The Morgan fingerprint density at radius 2 is 1.77 bits per heavy atom. The maximum atomic E-state index is 12.1. The predicted molar refractivity (Wildman–Crippen MR) is 199 cm³/mol. The topological polar surface area (TPSA) is 130 Å². The van der Waals surface area contributed by atoms with Crippen LogP contribution in [-0.2, 0) is 15.1 Å². The van der Waals surface area contributed by atoms with Crippen molar-refractivity contribution in [1.82, 2.24) is 5.32 Å². The van der Waals surface area contributed by atoms with E-state index in [1.807, 2.05) is 30.3 Å². The van der Waals surface area contributed by atoms with Crippen LogP contribution in [0.5, 0.6) is 17.2 Å². The minimum Gasteiger partial charge on any atom is -1.00 e. The minimum absolute atomic E-state index is 0. The summed E-state index contributed by atoms with van der Waals surface area (Å²) in [6.07, 6.45) is 7.90. The average Bonchev–Trinajstić information content (AvgIpc) is 3.73. The molecule has 11 heteroatoms. The van der Waals surface area contributed by atoms with Gasteiger partial charge in [-0.2, -0.15) is 0 Å². The summed E-state index contributed by atoms with van der Waals surface area (Å²) in [5, 5.41) is 39.3. The minimum atomic E-state index is -0.944. The molecule has 3 saturated heterocycles. The van der Waals surface area contributed by atoms with Gasteiger partial charge in [0.15, 0.2) is 6.61 Å². The zero-order chi connectivity index (χ0) is 36.1. The third kappa shape index (κ3) is 9.03. The number of amides is 1. The monoisotopic (exact) mass is 793 g/mol. The maximum Gasteiger partial charge on any atom is 0.262 e. The van der Waals surface area contributed by atoms with Crippen LogP contribution < -0.4 is 37.1 Å². The normalized spacial score (nSPS) is 24.6. The van der Waals surface area contributed by atoms with E-state index in [9.17, 15) is 20.1 Å². The van der Waals surface area contributed by atoms with E-state index in [0.29, 0.717) is 36.1 Å². The number of halogens is 1. The van der Waals surface area contributed by atoms with Crippen LogP contribution in [0.4, 0.5) is 5.69 Å². The van der Waals surface area contributed by atoms with Gasteiger partial charge in [-0.05, 0) is 54.5 Å². The van der Waals surface area contributed by atoms with Crippen molar-refractivity contribution in [3.8, 4) is 17.2 Å². The van der Waals surface area contributed by atoms with Crippen LogP contribution in [-0.4, -0.2) is 84.4 Å². The highest BCUT2D eigenvalue weighted by Crippen LogP contribution is 2.43. The molecule has 3 aromatic carbocycles. The van der Waals surface area contributed by atoms with E-state index in [-0.39, 0.29) is 59.9 Å². The number of ether oxygens (including phenoxy) is 3. The van der Waals surface area contributed by atoms with E-state index < -0.39 is 11.7 Å². The Morgan fingerprint density at radius 1 is 1.04 bits per heavy atom. The SMILES string of the molecule is CCC(NC[C@H](O)c1cc(O)cc2c1OCC(=O)N2)c1ccc(OCCC[N+]23CCC(CC2)[C@@H](OC[C@@](O)(c2ccccc2)C2CCCC2)C3)cc1.[Br-]. The van der Waals surface area contributed by atoms with Crippen molar-refractivity contribution in [2.45, 2.75) is 82.1 Å². The van der Waals surface area contributed by atoms with Crippen LogP contribution in [0.3, 0.4) is 0 Å². The van der Waals surface area contributed by atoms with E-state index in [1.165, 1.54) is 50.9 Å². The zero-order valence-electron chi connectivity index (χ0n) is 30.9. The number of phenolic OH excluding ortho intramolecular Hbond substituents is 1. The van der Waals surface area contributed by atoms with Gasteiger partial charge < -0.3 is 61.6 Å². The summed E-state index contributed by atoms with van der Waals surface area (Å²) in [5.41, 5.74) is 1.96. The predicted octanol–water partition coefficient (Wildman–Crippen LogP) is 2.97. The number of benzene rings is 3. The number of hydrogen-bond donors (Lipinski definition) is 5. The molecule has 5 aliphatic rings. The van der Waals surface area contributed by atoms with Gasteiger partial charge in [-0.25, -0.2) is 0 Å². The summed E-state index contributed by atoms with van der Waals surface area (Å²) in [4.78, 5) is 11.7. The molecule has 4 fully saturated rings. The van der Waals surface area contributed by atoms with Gasteiger partial charge in [0.25, 0.3) is 5.91 Å². The number of piperidine rings is 3. The molecular formula is C42H56BrN3O7. The van der Waals surface area contributed by atoms with Crippen LogP contribution in [0.1, 0.15) is 87.1 Å². The fraction of sp³-hybridized carbons (Fsp3) is 0.548. The summed E-state index contributed by atoms with van der Waals surface area (Å²) >= 11 is 0. The summed E-state index contributed by atoms with van der Waals surface area (Å²) in [6.45, 7) is 7.72. The van der Waals surface area contributed by atoms with E-state index in [1.54, 1.807) is 0 Å². The molecule has 4 heterocycles. The molecule has 4 aliphatic heterocycles. The molecule has 0 spiro atoms. The molecule has 1 amide bonds. The first kappa shape index (κ1) is 39.5. The smallest absolute Gasteiger partial charge is 0.262 e. The van der Waals surface area contributed by atoms with Gasteiger partial charge in [0.2, 0.25) is 0 Å². The van der Waals surface area contributed by atoms with Gasteiger partial charge in [0.05, 0.1) is 44.6 Å². The Hall–Kier alpha value is -3.19. The molecule has 1 aliphatic carbocycles. The molecule has 5 N–H and O–H groups in total. The van der Waals surface area contributed by atoms with E-state index in [0.717, 1.165) is 60.1 Å². The zero-order valence-corrected chi connectivity index (χ0v) is 32.4. The summed E-state index contributed by atoms with van der Waals surface area (Å²) in [5.74, 6) is 1.72. The Morgan fingerprint density at radius 3 is 2.49 bits per heavy atom. The number of fused-ring (bicyclic) bond motifs is 4. The quantitative estimate of drug-likeness (QED) is 0.111. The van der Waals surface area contributed by atoms with Crippen molar-refractivity contribution >= 4 is 11.6 Å². The number of quaternary nitrogens is 1. The lowest BCUT2D eigenvalue weighted by molar-refractivity contribution is -0.946. The van der Waals surface area contributed by atoms with Crippen LogP contribution in [0.2, 0.25) is 0 Å². The molecule has 53 heavy (non-hydrogen) atoms. The van der Waals surface area contributed by atoms with Crippen molar-refractivity contribution in [1.29, 1.82) is 0 Å². The van der Waals surface area contributed by atoms with E-state index >= 15 is 0 Å². The maximum absolute atomic E-state index is 12.1. The number of rotatable bonds is 16. The Bertz CT molecular complexity index is 1650. The molecular weight excluding hydrogens is 738 g/mol. The second kappa shape index (κ2) is 17.5. The largest absolute Gasteiger partial charge is 1.00 e. The molecule has 1 unspecified atom stereocenters. The molecule has 288 valence electrons. The fourth-order valence-corrected chi connectivity index (χ4v) is 9.23. The number of carbonyl (C=O) groups is 1. The average molecular weight is 795 g/mol. The second-order valence-corrected chi connectivity index (χ2v) is 15.6. The van der Waals surface area contributed by atoms with Crippen molar-refractivity contribution < 1.29 is 55.8 Å². The van der Waals surface area contributed by atoms with Gasteiger partial charge >= 0.3 is 0 Å². The van der Waals surface area contributed by atoms with E-state index in [4.69, 9.17) is 14.2 Å². The lowest BCUT2D eigenvalue weighted by Crippen LogP contribution is -3.00. The number of carbonyl (C=O) groups excluding carboxylic acids is 1. The highest BCUT2D eigenvalue weighted by atomic mass is 79.9. The number of nitrogens with zero attached hydrogens (tertiary/aromatic N) is 1. The Labute approximate surface area is 324 Å². The molecule has 1 saturated carbocycles. The van der Waals surface area contributed by atoms with Crippen LogP contribution in [0.25, 0.3) is 0 Å². The fourth-order valence-electron chi connectivity index (χ4n) is 9.23. The number of anilines is 1. The highest BCUT2D eigenvalue weighted by Gasteiger charge is 2.48. The van der Waals surface area contributed by atoms with Crippen molar-refractivity contribution in [3.05, 3.63) is 83.4 Å². The lowest BCUT2D eigenvalue weighted by atomic mass is 9.80. The number of aliphatic hydroxyl groups excluding tert-OH is 1. The lowest BCUT2D eigenvalue weighted by Gasteiger charge is -2.53. The Balaban J connectivity index is 0.00000481. The third-order valence-electron chi connectivity index (χ3n) is 12.2. The Kier molecular flexibility index (Phi) is 13.1. The van der Waals surface area contributed by atoms with Gasteiger partial charge in [-0.3, -0.25) is 4.79 Å². The molecule has 0 radical (unpaired) electrons. The van der Waals surface area contributed by atoms with Gasteiger partial charge in [-0.15, -0.1) is 0 Å². The van der Waals surface area contributed by atoms with Crippen molar-refractivity contribution in [2.75, 3.05) is 57.9 Å². The number of nitrogens with one attached hydrogen (secondary N) is 2. The van der Waals surface area contributed by atoms with Crippen molar-refractivity contribution in [2.24, 2.45) is 11.8 Å². The van der Waals surface area contributed by atoms with Crippen LogP contribution in [0, 0.1) is 11.8 Å². The number of hydrogen-bond acceptors (Lipinski definition) is 8. The first-order valence-electron chi connectivity index (χ1n) is 19.4. The standard InChI is InChI=1S/C42H55N3O7.BrH/c1-2-36(43-25-38(47)35-23-33(46)24-37-41(35)51-27-40(48)44-37)29-13-15-34(16-14-29)50-22-8-19-45-20-17-30(18-21-45)39(26-45)52-28-42(49,32-11-6-7-12-32)31-9-4-3-5-10-31;/h3-5,9-10,13-16,23-24,30,32,36,38-39,43,47,49H,2,6-8,11-12,17-22,25-28H2,1H3,(H-,44,46,48);1H/t30?,36?,38-,39-,42+,45?;/m0./s1. The summed E-state index contributed by atoms with van der Waals surface area (Å²) in [6, 6.07) is 21.3. The first-order valence-corrected chi connectivity index (χ1v) is 19.4. The third-order valence-corrected chi connectivity index (χ3v) is 12.2. The summed E-state index contributed by atoms with van der Waals surface area (Å²) in [7, 11) is 0. The highest BCUT2D eigenvalue weighted by molar-refractivity contribution is 5.96. The second-order valence-electron chi connectivity index (χ2n) is 15.6. The molecule has 3 aromatic rings. The number of aliphatic hydroxyl groups is 2. The van der Waals surface area contributed by atoms with Crippen molar-refractivity contribution in [3.63, 3.8) is 0 Å². The number of aromatic hydroxyl groups is 1. The summed E-state index contributed by atoms with van der Waals surface area (Å²) < 4.78 is 19.6. The van der Waals surface area contributed by atoms with Crippen LogP contribution >= 0.6 is 0 Å². The first-order chi connectivity index (χ1) is 25.2. The molecule has 2 bridgehead atoms. The van der Waals surface area contributed by atoms with Gasteiger partial charge in [0.1, 0.15) is 35.5 Å². The molecule has 4 atom stereocenters. The molecule has 10 nitrogen and oxygen atoms in total.